The van der Waals surface area contributed by atoms with Gasteiger partial charge in [0, 0.05) is 37.2 Å². The van der Waals surface area contributed by atoms with Crippen LogP contribution in [0.1, 0.15) is 24.8 Å². The van der Waals surface area contributed by atoms with Gasteiger partial charge >= 0.3 is 6.03 Å². The van der Waals surface area contributed by atoms with E-state index in [0.717, 1.165) is 11.4 Å². The van der Waals surface area contributed by atoms with E-state index < -0.39 is 5.54 Å². The molecule has 0 atom stereocenters. The van der Waals surface area contributed by atoms with Crippen LogP contribution in [-0.2, 0) is 16.9 Å². The molecule has 1 saturated heterocycles. The van der Waals surface area contributed by atoms with Crippen molar-refractivity contribution in [3.63, 3.8) is 0 Å². The van der Waals surface area contributed by atoms with Crippen LogP contribution in [0.15, 0.2) is 61.1 Å². The van der Waals surface area contributed by atoms with Gasteiger partial charge in [-0.2, -0.15) is 5.10 Å². The minimum absolute atomic E-state index is 0.0547. The average Bonchev–Trinajstić information content (AvgIpc) is 3.30. The van der Waals surface area contributed by atoms with E-state index in [1.807, 2.05) is 22.9 Å². The number of carbonyl (C=O) groups excluding carboxylic acids is 2. The number of benzene rings is 1. The molecule has 3 aromatic rings. The van der Waals surface area contributed by atoms with Crippen LogP contribution in [0, 0.1) is 5.82 Å². The van der Waals surface area contributed by atoms with Crippen molar-refractivity contribution in [1.29, 1.82) is 0 Å². The molecule has 0 aliphatic carbocycles. The maximum Gasteiger partial charge on any atom is 0.321 e. The lowest BCUT2D eigenvalue weighted by Gasteiger charge is -2.46. The first kappa shape index (κ1) is 20.2. The van der Waals surface area contributed by atoms with Crippen molar-refractivity contribution in [2.75, 3.05) is 23.3 Å². The highest BCUT2D eigenvalue weighted by atomic mass is 19.1. The molecule has 5 rings (SSSR count). The minimum Gasteiger partial charge on any atom is -0.324 e. The molecule has 4 heterocycles. The van der Waals surface area contributed by atoms with Gasteiger partial charge in [-0.1, -0.05) is 0 Å². The molecular weight excluding hydrogens is 411 g/mol. The zero-order valence-corrected chi connectivity index (χ0v) is 17.4. The number of amides is 3. The first-order valence-electron chi connectivity index (χ1n) is 10.6. The topological polar surface area (TPSA) is 83.4 Å². The molecule has 0 radical (unpaired) electrons. The Morgan fingerprint density at radius 1 is 1.03 bits per heavy atom. The van der Waals surface area contributed by atoms with Gasteiger partial charge in [-0.05, 0) is 54.8 Å². The van der Waals surface area contributed by atoms with E-state index in [0.29, 0.717) is 44.6 Å². The number of nitrogens with one attached hydrogen (secondary N) is 1. The van der Waals surface area contributed by atoms with Gasteiger partial charge in [0.2, 0.25) is 5.91 Å². The number of hydrogen-bond acceptors (Lipinski definition) is 4. The number of hydrogen-bond donors (Lipinski definition) is 1. The van der Waals surface area contributed by atoms with E-state index in [9.17, 15) is 14.0 Å². The lowest BCUT2D eigenvalue weighted by atomic mass is 9.82. The zero-order chi connectivity index (χ0) is 22.1. The number of rotatable bonds is 3. The van der Waals surface area contributed by atoms with Gasteiger partial charge in [-0.25, -0.2) is 13.9 Å². The van der Waals surface area contributed by atoms with Crippen molar-refractivity contribution in [3.8, 4) is 0 Å². The molecule has 2 aliphatic heterocycles. The molecule has 2 aliphatic rings. The fraction of sp³-hybridized carbons (Fsp3) is 0.304. The van der Waals surface area contributed by atoms with E-state index in [2.05, 4.69) is 15.4 Å². The highest BCUT2D eigenvalue weighted by Gasteiger charge is 2.46. The van der Waals surface area contributed by atoms with Gasteiger partial charge in [-0.15, -0.1) is 0 Å². The Bertz CT molecular complexity index is 1120. The summed E-state index contributed by atoms with van der Waals surface area (Å²) in [6.45, 7) is 1.48. The first-order chi connectivity index (χ1) is 15.5. The number of piperidine rings is 1. The fourth-order valence-corrected chi connectivity index (χ4v) is 4.54. The summed E-state index contributed by atoms with van der Waals surface area (Å²) in [6.07, 6.45) is 6.77. The molecule has 9 heteroatoms. The van der Waals surface area contributed by atoms with E-state index in [4.69, 9.17) is 0 Å². The molecule has 1 spiro atoms. The van der Waals surface area contributed by atoms with Crippen molar-refractivity contribution < 1.29 is 14.0 Å². The molecule has 8 nitrogen and oxygen atoms in total. The number of fused-ring (bicyclic) bond motifs is 2. The monoisotopic (exact) mass is 434 g/mol. The third kappa shape index (κ3) is 3.70. The van der Waals surface area contributed by atoms with E-state index in [1.54, 1.807) is 28.4 Å². The van der Waals surface area contributed by atoms with Crippen LogP contribution in [0.5, 0.6) is 0 Å². The number of anilines is 2. The number of carbonyl (C=O) groups is 2. The second-order valence-electron chi connectivity index (χ2n) is 8.26. The SMILES string of the molecule is O=C(Nc1ccc(F)cc1)N1CCC2(CC1)CC(=O)N(Cc1ccncc1)c1ccnn12. The summed E-state index contributed by atoms with van der Waals surface area (Å²) in [7, 11) is 0. The largest absolute Gasteiger partial charge is 0.324 e. The van der Waals surface area contributed by atoms with E-state index in [1.165, 1.54) is 24.3 Å². The summed E-state index contributed by atoms with van der Waals surface area (Å²) in [5.74, 6) is 0.485. The summed E-state index contributed by atoms with van der Waals surface area (Å²) < 4.78 is 15.1. The first-order valence-corrected chi connectivity index (χ1v) is 10.6. The number of likely N-dealkylation sites (tertiary alicyclic amines) is 1. The number of pyridine rings is 1. The second-order valence-corrected chi connectivity index (χ2v) is 8.26. The fourth-order valence-electron chi connectivity index (χ4n) is 4.54. The molecule has 0 bridgehead atoms. The van der Waals surface area contributed by atoms with Gasteiger partial charge in [-0.3, -0.25) is 14.7 Å². The van der Waals surface area contributed by atoms with Crippen LogP contribution in [0.25, 0.3) is 0 Å². The van der Waals surface area contributed by atoms with Gasteiger partial charge in [0.15, 0.2) is 0 Å². The molecule has 1 N–H and O–H groups in total. The highest BCUT2D eigenvalue weighted by molar-refractivity contribution is 5.94. The van der Waals surface area contributed by atoms with E-state index >= 15 is 0 Å². The maximum absolute atomic E-state index is 13.2. The summed E-state index contributed by atoms with van der Waals surface area (Å²) in [5, 5.41) is 7.37. The van der Waals surface area contributed by atoms with Crippen LogP contribution in [0.4, 0.5) is 20.7 Å². The third-order valence-electron chi connectivity index (χ3n) is 6.30. The number of urea groups is 1. The Balaban J connectivity index is 1.30. The maximum atomic E-state index is 13.2. The Morgan fingerprint density at radius 3 is 2.47 bits per heavy atom. The van der Waals surface area contributed by atoms with E-state index in [-0.39, 0.29) is 17.8 Å². The molecule has 2 aromatic heterocycles. The lowest BCUT2D eigenvalue weighted by Crippen LogP contribution is -2.55. The Kier molecular flexibility index (Phi) is 5.08. The summed E-state index contributed by atoms with van der Waals surface area (Å²) in [6, 6.07) is 11.1. The normalized spacial score (nSPS) is 17.3. The molecule has 32 heavy (non-hydrogen) atoms. The molecular formula is C23H23FN6O2. The number of nitrogens with zero attached hydrogens (tertiary/aromatic N) is 5. The van der Waals surface area contributed by atoms with Gasteiger partial charge in [0.25, 0.3) is 0 Å². The molecule has 1 aromatic carbocycles. The van der Waals surface area contributed by atoms with Crippen molar-refractivity contribution in [2.45, 2.75) is 31.3 Å². The minimum atomic E-state index is -0.433. The summed E-state index contributed by atoms with van der Waals surface area (Å²) in [4.78, 5) is 33.3. The molecule has 3 amide bonds. The molecule has 1 fully saturated rings. The molecule has 164 valence electrons. The standard InChI is InChI=1S/C23H23FN6O2/c24-18-1-3-19(4-2-18)27-22(32)28-13-8-23(9-14-28)15-21(31)29(20-7-12-26-30(20)23)16-17-5-10-25-11-6-17/h1-7,10-12H,8-9,13-16H2,(H,27,32). The highest BCUT2D eigenvalue weighted by Crippen LogP contribution is 2.41. The van der Waals surface area contributed by atoms with Crippen LogP contribution in [0.2, 0.25) is 0 Å². The van der Waals surface area contributed by atoms with Crippen LogP contribution in [-0.4, -0.2) is 44.7 Å². The Morgan fingerprint density at radius 2 is 1.75 bits per heavy atom. The summed E-state index contributed by atoms with van der Waals surface area (Å²) in [5.41, 5.74) is 1.12. The van der Waals surface area contributed by atoms with Gasteiger partial charge in [0.05, 0.1) is 24.7 Å². The second kappa shape index (κ2) is 8.07. The molecule has 0 saturated carbocycles. The van der Waals surface area contributed by atoms with Crippen LogP contribution >= 0.6 is 0 Å². The predicted octanol–water partition coefficient (Wildman–Crippen LogP) is 3.38. The van der Waals surface area contributed by atoms with Crippen LogP contribution < -0.4 is 10.2 Å². The summed E-state index contributed by atoms with van der Waals surface area (Å²) >= 11 is 0. The quantitative estimate of drug-likeness (QED) is 0.685. The zero-order valence-electron chi connectivity index (χ0n) is 17.4. The smallest absolute Gasteiger partial charge is 0.321 e. The number of halogens is 1. The van der Waals surface area contributed by atoms with Gasteiger partial charge in [0.1, 0.15) is 11.6 Å². The average molecular weight is 434 g/mol. The predicted molar refractivity (Wildman–Crippen MR) is 116 cm³/mol. The molecule has 0 unspecified atom stereocenters. The van der Waals surface area contributed by atoms with Crippen molar-refractivity contribution in [1.82, 2.24) is 19.7 Å². The Labute approximate surface area is 184 Å². The third-order valence-corrected chi connectivity index (χ3v) is 6.30. The lowest BCUT2D eigenvalue weighted by molar-refractivity contribution is -0.123. The number of aromatic nitrogens is 3. The Hall–Kier alpha value is -3.75. The van der Waals surface area contributed by atoms with Gasteiger partial charge < -0.3 is 10.2 Å². The van der Waals surface area contributed by atoms with Crippen molar-refractivity contribution in [2.24, 2.45) is 0 Å². The van der Waals surface area contributed by atoms with Crippen LogP contribution in [0.3, 0.4) is 0 Å². The van der Waals surface area contributed by atoms with Crippen molar-refractivity contribution in [3.05, 3.63) is 72.4 Å². The van der Waals surface area contributed by atoms with Crippen molar-refractivity contribution >= 4 is 23.4 Å².